The number of aliphatic hydroxyl groups excluding tert-OH is 1. The van der Waals surface area contributed by atoms with E-state index in [-0.39, 0.29) is 11.5 Å². The van der Waals surface area contributed by atoms with Gasteiger partial charge in [-0.25, -0.2) is 8.42 Å². The van der Waals surface area contributed by atoms with E-state index in [1.165, 1.54) is 0 Å². The van der Waals surface area contributed by atoms with Gasteiger partial charge in [0.1, 0.15) is 18.0 Å². The summed E-state index contributed by atoms with van der Waals surface area (Å²) < 4.78 is 28.2. The normalized spacial score (nSPS) is 27.0. The third-order valence-corrected chi connectivity index (χ3v) is 4.61. The third kappa shape index (κ3) is 2.91. The molecule has 0 saturated carbocycles. The molecule has 1 N–H and O–H groups in total. The molecule has 1 saturated heterocycles. The van der Waals surface area contributed by atoms with Crippen LogP contribution in [0.15, 0.2) is 18.2 Å². The minimum atomic E-state index is -3.19. The van der Waals surface area contributed by atoms with Crippen LogP contribution in [0.4, 0.5) is 0 Å². The molecule has 1 aliphatic heterocycles. The molecule has 1 aromatic rings. The van der Waals surface area contributed by atoms with Crippen molar-refractivity contribution in [2.24, 2.45) is 0 Å². The third-order valence-electron chi connectivity index (χ3n) is 2.69. The summed E-state index contributed by atoms with van der Waals surface area (Å²) in [6.07, 6.45) is -1.66. The molecule has 6 heteroatoms. The highest BCUT2D eigenvalue weighted by molar-refractivity contribution is 7.91. The van der Waals surface area contributed by atoms with Crippen molar-refractivity contribution in [3.63, 3.8) is 0 Å². The molecular weight excluding hydrogens is 264 g/mol. The number of ether oxygens (including phenoxy) is 1. The lowest BCUT2D eigenvalue weighted by Crippen LogP contribution is -2.29. The highest BCUT2D eigenvalue weighted by Gasteiger charge is 2.38. The summed E-state index contributed by atoms with van der Waals surface area (Å²) in [4.78, 5) is 0. The Morgan fingerprint density at radius 3 is 2.65 bits per heavy atom. The van der Waals surface area contributed by atoms with Gasteiger partial charge in [-0.3, -0.25) is 0 Å². The molecule has 0 aliphatic carbocycles. The van der Waals surface area contributed by atoms with Crippen molar-refractivity contribution >= 4 is 21.4 Å². The van der Waals surface area contributed by atoms with Gasteiger partial charge in [-0.05, 0) is 30.7 Å². The van der Waals surface area contributed by atoms with E-state index in [4.69, 9.17) is 16.3 Å². The molecule has 0 bridgehead atoms. The lowest BCUT2D eigenvalue weighted by Gasteiger charge is -2.17. The van der Waals surface area contributed by atoms with Crippen molar-refractivity contribution in [2.75, 3.05) is 11.5 Å². The monoisotopic (exact) mass is 276 g/mol. The average molecular weight is 277 g/mol. The Morgan fingerprint density at radius 2 is 2.12 bits per heavy atom. The maximum Gasteiger partial charge on any atom is 0.156 e. The molecule has 0 spiro atoms. The lowest BCUT2D eigenvalue weighted by atomic mass is 10.2. The zero-order valence-electron chi connectivity index (χ0n) is 9.26. The van der Waals surface area contributed by atoms with Crippen LogP contribution in [0.25, 0.3) is 0 Å². The topological polar surface area (TPSA) is 63.6 Å². The van der Waals surface area contributed by atoms with Gasteiger partial charge in [0.25, 0.3) is 0 Å². The van der Waals surface area contributed by atoms with Crippen LogP contribution in [-0.2, 0) is 9.84 Å². The number of hydrogen-bond donors (Lipinski definition) is 1. The molecule has 2 rings (SSSR count). The van der Waals surface area contributed by atoms with Crippen LogP contribution >= 0.6 is 11.6 Å². The molecule has 0 amide bonds. The second-order valence-corrected chi connectivity index (χ2v) is 6.80. The van der Waals surface area contributed by atoms with Crippen molar-refractivity contribution < 1.29 is 18.3 Å². The van der Waals surface area contributed by atoms with Gasteiger partial charge in [-0.15, -0.1) is 0 Å². The fraction of sp³-hybridized carbons (Fsp3) is 0.455. The Hall–Kier alpha value is -0.780. The molecule has 2 atom stereocenters. The summed E-state index contributed by atoms with van der Waals surface area (Å²) in [6, 6.07) is 5.07. The van der Waals surface area contributed by atoms with Crippen LogP contribution in [0.1, 0.15) is 5.56 Å². The molecule has 0 aromatic heterocycles. The Balaban J connectivity index is 2.17. The summed E-state index contributed by atoms with van der Waals surface area (Å²) in [6.45, 7) is 1.82. The molecule has 2 unspecified atom stereocenters. The van der Waals surface area contributed by atoms with Crippen LogP contribution in [0.5, 0.6) is 5.75 Å². The second kappa shape index (κ2) is 4.48. The summed E-state index contributed by atoms with van der Waals surface area (Å²) in [7, 11) is -3.19. The molecule has 17 heavy (non-hydrogen) atoms. The number of aliphatic hydroxyl groups is 1. The Kier molecular flexibility index (Phi) is 3.34. The highest BCUT2D eigenvalue weighted by atomic mass is 35.5. The number of aryl methyl sites for hydroxylation is 1. The molecule has 4 nitrogen and oxygen atoms in total. The molecule has 1 aromatic carbocycles. The van der Waals surface area contributed by atoms with Crippen LogP contribution < -0.4 is 4.74 Å². The lowest BCUT2D eigenvalue weighted by molar-refractivity contribution is 0.0733. The Labute approximate surface area is 105 Å². The minimum Gasteiger partial charge on any atom is -0.486 e. The first-order valence-corrected chi connectivity index (χ1v) is 7.38. The number of rotatable bonds is 2. The van der Waals surface area contributed by atoms with E-state index in [1.807, 2.05) is 6.92 Å². The molecule has 0 radical (unpaired) electrons. The average Bonchev–Trinajstić information content (AvgIpc) is 2.44. The fourth-order valence-electron chi connectivity index (χ4n) is 1.82. The van der Waals surface area contributed by atoms with Gasteiger partial charge in [-0.1, -0.05) is 11.6 Å². The SMILES string of the molecule is Cc1cc(Cl)ccc1OC1CS(=O)(=O)CC1O. The number of benzene rings is 1. The van der Waals surface area contributed by atoms with Gasteiger partial charge < -0.3 is 9.84 Å². The highest BCUT2D eigenvalue weighted by Crippen LogP contribution is 2.25. The fourth-order valence-corrected chi connectivity index (χ4v) is 3.71. The van der Waals surface area contributed by atoms with Crippen LogP contribution in [-0.4, -0.2) is 37.2 Å². The van der Waals surface area contributed by atoms with Crippen molar-refractivity contribution in [3.8, 4) is 5.75 Å². The summed E-state index contributed by atoms with van der Waals surface area (Å²) in [5.74, 6) is 0.177. The minimum absolute atomic E-state index is 0.143. The molecule has 1 fully saturated rings. The standard InChI is InChI=1S/C11H13ClO4S/c1-7-4-8(12)2-3-10(7)16-11-6-17(14,15)5-9(11)13/h2-4,9,11,13H,5-6H2,1H3. The van der Waals surface area contributed by atoms with E-state index in [0.717, 1.165) is 5.56 Å². The predicted octanol–water partition coefficient (Wildman–Crippen LogP) is 1.19. The second-order valence-electron chi connectivity index (χ2n) is 4.21. The number of sulfone groups is 1. The maximum atomic E-state index is 11.3. The van der Waals surface area contributed by atoms with Gasteiger partial charge in [0.2, 0.25) is 0 Å². The van der Waals surface area contributed by atoms with E-state index < -0.39 is 22.0 Å². The van der Waals surface area contributed by atoms with Gasteiger partial charge in [0.15, 0.2) is 9.84 Å². The first-order valence-electron chi connectivity index (χ1n) is 5.19. The van der Waals surface area contributed by atoms with E-state index >= 15 is 0 Å². The molecule has 94 valence electrons. The Morgan fingerprint density at radius 1 is 1.41 bits per heavy atom. The van der Waals surface area contributed by atoms with Gasteiger partial charge in [0, 0.05) is 5.02 Å². The van der Waals surface area contributed by atoms with Gasteiger partial charge in [0.05, 0.1) is 11.5 Å². The van der Waals surface area contributed by atoms with E-state index in [2.05, 4.69) is 0 Å². The summed E-state index contributed by atoms with van der Waals surface area (Å²) in [5, 5.41) is 10.2. The van der Waals surface area contributed by atoms with E-state index in [1.54, 1.807) is 18.2 Å². The summed E-state index contributed by atoms with van der Waals surface area (Å²) in [5.41, 5.74) is 0.814. The van der Waals surface area contributed by atoms with Gasteiger partial charge >= 0.3 is 0 Å². The Bertz CT molecular complexity index is 526. The van der Waals surface area contributed by atoms with E-state index in [9.17, 15) is 13.5 Å². The quantitative estimate of drug-likeness (QED) is 0.881. The van der Waals surface area contributed by atoms with Crippen molar-refractivity contribution in [3.05, 3.63) is 28.8 Å². The van der Waals surface area contributed by atoms with Crippen molar-refractivity contribution in [1.82, 2.24) is 0 Å². The molecule has 1 heterocycles. The molecule has 1 aliphatic rings. The number of halogens is 1. The smallest absolute Gasteiger partial charge is 0.156 e. The predicted molar refractivity (Wildman–Crippen MR) is 65.3 cm³/mol. The molecular formula is C11H13ClO4S. The zero-order valence-corrected chi connectivity index (χ0v) is 10.8. The largest absolute Gasteiger partial charge is 0.486 e. The first-order chi connectivity index (χ1) is 7.87. The van der Waals surface area contributed by atoms with Crippen molar-refractivity contribution in [1.29, 1.82) is 0 Å². The number of hydrogen-bond acceptors (Lipinski definition) is 4. The maximum absolute atomic E-state index is 11.3. The van der Waals surface area contributed by atoms with Gasteiger partial charge in [-0.2, -0.15) is 0 Å². The van der Waals surface area contributed by atoms with Crippen LogP contribution in [0.3, 0.4) is 0 Å². The van der Waals surface area contributed by atoms with Crippen LogP contribution in [0.2, 0.25) is 5.02 Å². The van der Waals surface area contributed by atoms with Crippen molar-refractivity contribution in [2.45, 2.75) is 19.1 Å². The van der Waals surface area contributed by atoms with E-state index in [0.29, 0.717) is 10.8 Å². The van der Waals surface area contributed by atoms with Crippen LogP contribution in [0, 0.1) is 6.92 Å². The zero-order chi connectivity index (χ0) is 12.6. The first kappa shape index (κ1) is 12.7. The summed E-state index contributed by atoms with van der Waals surface area (Å²) >= 11 is 5.81.